The van der Waals surface area contributed by atoms with Crippen LogP contribution in [0.15, 0.2) is 58.6 Å². The molecule has 1 N–H and O–H groups in total. The molecule has 0 radical (unpaired) electrons. The van der Waals surface area contributed by atoms with Crippen LogP contribution in [0.1, 0.15) is 0 Å². The third kappa shape index (κ3) is 5.89. The number of benzene rings is 2. The number of carbonyl (C=O) groups is 1. The van der Waals surface area contributed by atoms with E-state index < -0.39 is 0 Å². The maximum atomic E-state index is 12.2. The first kappa shape index (κ1) is 19.5. The Kier molecular flexibility index (Phi) is 6.60. The Balaban J connectivity index is 1.59. The van der Waals surface area contributed by atoms with Crippen molar-refractivity contribution in [2.24, 2.45) is 10.1 Å². The molecule has 2 aromatic rings. The van der Waals surface area contributed by atoms with E-state index in [-0.39, 0.29) is 11.7 Å². The molecule has 1 heterocycles. The highest BCUT2D eigenvalue weighted by Gasteiger charge is 2.16. The second kappa shape index (κ2) is 9.12. The van der Waals surface area contributed by atoms with Gasteiger partial charge in [-0.25, -0.2) is 0 Å². The number of rotatable bonds is 4. The van der Waals surface area contributed by atoms with Crippen LogP contribution < -0.4 is 10.1 Å². The number of hydrogen-bond acceptors (Lipinski definition) is 6. The molecule has 0 fully saturated rings. The molecule has 6 nitrogen and oxygen atoms in total. The van der Waals surface area contributed by atoms with E-state index in [2.05, 4.69) is 15.4 Å². The molecular weight excluding hydrogens is 407 g/mol. The second-order valence-electron chi connectivity index (χ2n) is 5.58. The summed E-state index contributed by atoms with van der Waals surface area (Å²) in [5.41, 5.74) is 0.467. The molecule has 0 aromatic heterocycles. The van der Waals surface area contributed by atoms with Gasteiger partial charge in [0.25, 0.3) is 0 Å². The molecule has 0 aliphatic carbocycles. The molecule has 1 aliphatic heterocycles. The van der Waals surface area contributed by atoms with Gasteiger partial charge in [-0.05, 0) is 30.3 Å². The van der Waals surface area contributed by atoms with E-state index in [4.69, 9.17) is 27.9 Å². The summed E-state index contributed by atoms with van der Waals surface area (Å²) in [5.74, 6) is 1.10. The lowest BCUT2D eigenvalue weighted by Crippen LogP contribution is -2.31. The monoisotopic (exact) mass is 422 g/mol. The van der Waals surface area contributed by atoms with Gasteiger partial charge in [0.15, 0.2) is 0 Å². The first-order valence-corrected chi connectivity index (χ1v) is 9.71. The van der Waals surface area contributed by atoms with Crippen molar-refractivity contribution in [2.45, 2.75) is 0 Å². The Bertz CT molecular complexity index is 890. The molecular formula is C18H16Cl2N4O2S. The van der Waals surface area contributed by atoms with E-state index in [0.717, 1.165) is 0 Å². The summed E-state index contributed by atoms with van der Waals surface area (Å²) in [5, 5.41) is 10.1. The fraction of sp³-hybridized carbons (Fsp3) is 0.167. The predicted octanol–water partition coefficient (Wildman–Crippen LogP) is 4.36. The molecule has 0 atom stereocenters. The fourth-order valence-corrected chi connectivity index (χ4v) is 3.22. The smallest absolute Gasteiger partial charge is 0.234 e. The summed E-state index contributed by atoms with van der Waals surface area (Å²) in [6.07, 6.45) is 0. The minimum absolute atomic E-state index is 0.123. The van der Waals surface area contributed by atoms with Crippen LogP contribution in [-0.2, 0) is 4.79 Å². The quantitative estimate of drug-likeness (QED) is 0.794. The molecule has 9 heteroatoms. The van der Waals surface area contributed by atoms with Gasteiger partial charge >= 0.3 is 0 Å². The standard InChI is InChI=1S/C18H16Cl2N4O2S/c1-24-10-17(26-13-5-3-2-4-6-13)22-18(23-24)27-11-16(25)21-15-9-12(19)7-8-14(15)20/h2-9H,10-11H2,1H3,(H,21,25). The molecule has 2 aromatic carbocycles. The van der Waals surface area contributed by atoms with Gasteiger partial charge in [-0.15, -0.1) is 5.10 Å². The number of carbonyl (C=O) groups excluding carboxylic acids is 1. The molecule has 0 saturated heterocycles. The average molecular weight is 423 g/mol. The third-order valence-electron chi connectivity index (χ3n) is 3.35. The van der Waals surface area contributed by atoms with E-state index in [1.807, 2.05) is 37.4 Å². The molecule has 3 rings (SSSR count). The minimum atomic E-state index is -0.235. The van der Waals surface area contributed by atoms with Crippen molar-refractivity contribution in [3.63, 3.8) is 0 Å². The van der Waals surface area contributed by atoms with E-state index in [9.17, 15) is 4.79 Å². The normalized spacial score (nSPS) is 13.7. The number of aliphatic imine (C=N–C) groups is 1. The Hall–Kier alpha value is -2.22. The molecule has 27 heavy (non-hydrogen) atoms. The van der Waals surface area contributed by atoms with Crippen LogP contribution in [-0.4, -0.2) is 41.3 Å². The number of likely N-dealkylation sites (N-methyl/N-ethyl adjacent to an activating group) is 1. The van der Waals surface area contributed by atoms with Gasteiger partial charge in [0.05, 0.1) is 16.5 Å². The molecule has 0 bridgehead atoms. The molecule has 1 aliphatic rings. The van der Waals surface area contributed by atoms with Crippen molar-refractivity contribution in [3.8, 4) is 5.75 Å². The SMILES string of the molecule is CN1CC(Oc2ccccc2)=NC(SCC(=O)Nc2cc(Cl)ccc2Cl)=N1. The number of anilines is 1. The fourth-order valence-electron chi connectivity index (χ4n) is 2.19. The molecule has 140 valence electrons. The van der Waals surface area contributed by atoms with Crippen molar-refractivity contribution in [1.29, 1.82) is 0 Å². The Morgan fingerprint density at radius 3 is 2.81 bits per heavy atom. The second-order valence-corrected chi connectivity index (χ2v) is 7.37. The first-order valence-electron chi connectivity index (χ1n) is 7.97. The van der Waals surface area contributed by atoms with Crippen LogP contribution in [0.3, 0.4) is 0 Å². The zero-order chi connectivity index (χ0) is 19.2. The summed E-state index contributed by atoms with van der Waals surface area (Å²) < 4.78 is 5.77. The van der Waals surface area contributed by atoms with Crippen LogP contribution in [0, 0.1) is 0 Å². The lowest BCUT2D eigenvalue weighted by atomic mass is 10.3. The Morgan fingerprint density at radius 2 is 2.04 bits per heavy atom. The van der Waals surface area contributed by atoms with Crippen LogP contribution in [0.2, 0.25) is 10.0 Å². The lowest BCUT2D eigenvalue weighted by molar-refractivity contribution is -0.113. The predicted molar refractivity (Wildman–Crippen MR) is 112 cm³/mol. The number of para-hydroxylation sites is 1. The number of thioether (sulfide) groups is 1. The third-order valence-corrected chi connectivity index (χ3v) is 4.76. The van der Waals surface area contributed by atoms with Gasteiger partial charge in [0.2, 0.25) is 17.0 Å². The number of hydrogen-bond donors (Lipinski definition) is 1. The topological polar surface area (TPSA) is 66.3 Å². The zero-order valence-electron chi connectivity index (χ0n) is 14.4. The highest BCUT2D eigenvalue weighted by molar-refractivity contribution is 8.14. The zero-order valence-corrected chi connectivity index (χ0v) is 16.7. The Labute approximate surface area is 171 Å². The maximum Gasteiger partial charge on any atom is 0.234 e. The summed E-state index contributed by atoms with van der Waals surface area (Å²) in [6, 6.07) is 14.3. The van der Waals surface area contributed by atoms with E-state index in [0.29, 0.717) is 39.1 Å². The summed E-state index contributed by atoms with van der Waals surface area (Å²) in [6.45, 7) is 0.448. The number of nitrogens with one attached hydrogen (secondary N) is 1. The van der Waals surface area contributed by atoms with Gasteiger partial charge in [-0.2, -0.15) is 4.99 Å². The number of ether oxygens (including phenoxy) is 1. The van der Waals surface area contributed by atoms with Crippen LogP contribution >= 0.6 is 35.0 Å². The summed E-state index contributed by atoms with van der Waals surface area (Å²) >= 11 is 13.2. The van der Waals surface area contributed by atoms with Gasteiger partial charge in [0.1, 0.15) is 12.3 Å². The summed E-state index contributed by atoms with van der Waals surface area (Å²) in [4.78, 5) is 16.6. The van der Waals surface area contributed by atoms with Crippen molar-refractivity contribution in [2.75, 3.05) is 24.7 Å². The minimum Gasteiger partial charge on any atom is -0.441 e. The largest absolute Gasteiger partial charge is 0.441 e. The molecule has 0 saturated carbocycles. The molecule has 0 unspecified atom stereocenters. The average Bonchev–Trinajstić information content (AvgIpc) is 2.63. The van der Waals surface area contributed by atoms with E-state index in [1.165, 1.54) is 11.8 Å². The van der Waals surface area contributed by atoms with Gasteiger partial charge in [0, 0.05) is 12.1 Å². The van der Waals surface area contributed by atoms with Crippen molar-refractivity contribution in [3.05, 3.63) is 58.6 Å². The summed E-state index contributed by atoms with van der Waals surface area (Å²) in [7, 11) is 1.81. The lowest BCUT2D eigenvalue weighted by Gasteiger charge is -2.20. The highest BCUT2D eigenvalue weighted by atomic mass is 35.5. The van der Waals surface area contributed by atoms with Crippen LogP contribution in [0.25, 0.3) is 0 Å². The van der Waals surface area contributed by atoms with Gasteiger partial charge < -0.3 is 10.1 Å². The van der Waals surface area contributed by atoms with Crippen molar-refractivity contribution < 1.29 is 9.53 Å². The number of nitrogens with zero attached hydrogens (tertiary/aromatic N) is 3. The van der Waals surface area contributed by atoms with Gasteiger partial charge in [-0.1, -0.05) is 53.2 Å². The van der Waals surface area contributed by atoms with E-state index in [1.54, 1.807) is 23.2 Å². The van der Waals surface area contributed by atoms with Crippen molar-refractivity contribution >= 4 is 57.6 Å². The first-order chi connectivity index (χ1) is 13.0. The van der Waals surface area contributed by atoms with E-state index >= 15 is 0 Å². The molecule has 0 spiro atoms. The number of hydrazone groups is 1. The number of amides is 1. The van der Waals surface area contributed by atoms with Crippen molar-refractivity contribution in [1.82, 2.24) is 5.01 Å². The van der Waals surface area contributed by atoms with Gasteiger partial charge in [-0.3, -0.25) is 9.80 Å². The maximum absolute atomic E-state index is 12.2. The Morgan fingerprint density at radius 1 is 1.26 bits per heavy atom. The number of amidine groups is 1. The molecule has 1 amide bonds. The number of halogens is 2. The van der Waals surface area contributed by atoms with Crippen LogP contribution in [0.4, 0.5) is 5.69 Å². The van der Waals surface area contributed by atoms with Crippen LogP contribution in [0.5, 0.6) is 5.75 Å². The highest BCUT2D eigenvalue weighted by Crippen LogP contribution is 2.25.